The van der Waals surface area contributed by atoms with Crippen molar-refractivity contribution < 1.29 is 9.53 Å². The average molecular weight is 262 g/mol. The summed E-state index contributed by atoms with van der Waals surface area (Å²) < 4.78 is 6.97. The fourth-order valence-electron chi connectivity index (χ4n) is 1.16. The highest BCUT2D eigenvalue weighted by molar-refractivity contribution is 9.10. The number of aromatic nitrogens is 2. The number of hydrogen-bond acceptors (Lipinski definition) is 4. The van der Waals surface area contributed by atoms with Crippen molar-refractivity contribution in [2.45, 2.75) is 6.92 Å². The minimum atomic E-state index is -0.378. The van der Waals surface area contributed by atoms with Crippen molar-refractivity contribution in [2.24, 2.45) is 7.05 Å². The normalized spacial score (nSPS) is 10.0. The monoisotopic (exact) mass is 261 g/mol. The molecule has 5 nitrogen and oxygen atoms in total. The maximum absolute atomic E-state index is 11.5. The number of carbonyl (C=O) groups is 1. The molecule has 0 unspecified atom stereocenters. The minimum absolute atomic E-state index is 0.351. The van der Waals surface area contributed by atoms with Crippen LogP contribution in [0.25, 0.3) is 0 Å². The molecule has 78 valence electrons. The molecule has 1 rings (SSSR count). The largest absolute Gasteiger partial charge is 0.462 e. The Morgan fingerprint density at radius 2 is 2.36 bits per heavy atom. The maximum Gasteiger partial charge on any atom is 0.344 e. The molecule has 0 aliphatic carbocycles. The summed E-state index contributed by atoms with van der Waals surface area (Å²) in [6.07, 6.45) is 0. The van der Waals surface area contributed by atoms with Gasteiger partial charge in [0.15, 0.2) is 0 Å². The number of carbonyl (C=O) groups excluding carboxylic acids is 1. The number of nitrogens with zero attached hydrogens (tertiary/aromatic N) is 2. The van der Waals surface area contributed by atoms with Crippen molar-refractivity contribution in [2.75, 3.05) is 19.0 Å². The second kappa shape index (κ2) is 4.45. The number of esters is 1. The first-order valence-corrected chi connectivity index (χ1v) is 4.98. The predicted octanol–water partition coefficient (Wildman–Crippen LogP) is 1.40. The third kappa shape index (κ3) is 1.89. The molecule has 1 N–H and O–H groups in total. The first-order valence-electron chi connectivity index (χ1n) is 4.19. The zero-order valence-electron chi connectivity index (χ0n) is 8.30. The van der Waals surface area contributed by atoms with Crippen molar-refractivity contribution in [1.82, 2.24) is 9.78 Å². The molecule has 0 spiro atoms. The molecule has 1 aromatic heterocycles. The van der Waals surface area contributed by atoms with E-state index in [4.69, 9.17) is 4.74 Å². The molecule has 0 saturated heterocycles. The molecule has 0 aliphatic rings. The molecule has 0 saturated carbocycles. The molecule has 0 bridgehead atoms. The molecule has 1 heterocycles. The van der Waals surface area contributed by atoms with Gasteiger partial charge in [-0.15, -0.1) is 0 Å². The smallest absolute Gasteiger partial charge is 0.344 e. The van der Waals surface area contributed by atoms with E-state index in [1.165, 1.54) is 0 Å². The Hall–Kier alpha value is -1.04. The van der Waals surface area contributed by atoms with Crippen LogP contribution in [-0.4, -0.2) is 29.4 Å². The Bertz CT molecular complexity index is 349. The van der Waals surface area contributed by atoms with E-state index in [-0.39, 0.29) is 5.97 Å². The van der Waals surface area contributed by atoms with Gasteiger partial charge in [-0.1, -0.05) is 0 Å². The van der Waals surface area contributed by atoms with Crippen LogP contribution in [0.3, 0.4) is 0 Å². The highest BCUT2D eigenvalue weighted by Crippen LogP contribution is 2.24. The van der Waals surface area contributed by atoms with E-state index in [1.807, 2.05) is 0 Å². The highest BCUT2D eigenvalue weighted by atomic mass is 79.9. The lowest BCUT2D eigenvalue weighted by atomic mass is 10.3. The van der Waals surface area contributed by atoms with Gasteiger partial charge in [0.1, 0.15) is 16.0 Å². The first kappa shape index (κ1) is 11.0. The third-order valence-electron chi connectivity index (χ3n) is 1.72. The van der Waals surface area contributed by atoms with Crippen molar-refractivity contribution in [3.63, 3.8) is 0 Å². The number of halogens is 1. The summed E-state index contributed by atoms with van der Waals surface area (Å²) in [6.45, 7) is 2.12. The van der Waals surface area contributed by atoms with Crippen LogP contribution in [0.4, 0.5) is 5.82 Å². The highest BCUT2D eigenvalue weighted by Gasteiger charge is 2.21. The Morgan fingerprint density at radius 3 is 2.86 bits per heavy atom. The third-order valence-corrected chi connectivity index (χ3v) is 2.28. The average Bonchev–Trinajstić information content (AvgIpc) is 2.40. The fourth-order valence-corrected chi connectivity index (χ4v) is 1.75. The Balaban J connectivity index is 3.11. The van der Waals surface area contributed by atoms with Crippen LogP contribution in [0.1, 0.15) is 17.3 Å². The van der Waals surface area contributed by atoms with E-state index in [2.05, 4.69) is 26.3 Å². The number of anilines is 1. The van der Waals surface area contributed by atoms with Gasteiger partial charge in [-0.05, 0) is 22.9 Å². The van der Waals surface area contributed by atoms with E-state index >= 15 is 0 Å². The number of ether oxygens (including phenoxy) is 1. The number of aryl methyl sites for hydroxylation is 1. The molecule has 0 atom stereocenters. The Labute approximate surface area is 90.6 Å². The Morgan fingerprint density at radius 1 is 1.71 bits per heavy atom. The summed E-state index contributed by atoms with van der Waals surface area (Å²) in [7, 11) is 3.48. The second-order valence-corrected chi connectivity index (χ2v) is 3.36. The molecule has 0 fully saturated rings. The molecule has 6 heteroatoms. The van der Waals surface area contributed by atoms with Gasteiger partial charge in [-0.3, -0.25) is 4.68 Å². The summed E-state index contributed by atoms with van der Waals surface area (Å²) in [5.41, 5.74) is 0.428. The van der Waals surface area contributed by atoms with Gasteiger partial charge in [0.2, 0.25) is 0 Å². The van der Waals surface area contributed by atoms with Crippen LogP contribution in [0.15, 0.2) is 4.60 Å². The topological polar surface area (TPSA) is 56.1 Å². The van der Waals surface area contributed by atoms with Crippen molar-refractivity contribution in [3.8, 4) is 0 Å². The minimum Gasteiger partial charge on any atom is -0.462 e. The van der Waals surface area contributed by atoms with Gasteiger partial charge < -0.3 is 10.1 Å². The molecule has 0 radical (unpaired) electrons. The van der Waals surface area contributed by atoms with Crippen LogP contribution in [-0.2, 0) is 11.8 Å². The molecule has 0 aliphatic heterocycles. The summed E-state index contributed by atoms with van der Waals surface area (Å²) in [6, 6.07) is 0. The van der Waals surface area contributed by atoms with Gasteiger partial charge in [0, 0.05) is 14.1 Å². The van der Waals surface area contributed by atoms with Crippen molar-refractivity contribution in [1.29, 1.82) is 0 Å². The summed E-state index contributed by atoms with van der Waals surface area (Å²) >= 11 is 3.21. The zero-order valence-corrected chi connectivity index (χ0v) is 9.88. The van der Waals surface area contributed by atoms with E-state index < -0.39 is 0 Å². The van der Waals surface area contributed by atoms with Gasteiger partial charge in [-0.25, -0.2) is 4.79 Å². The number of rotatable bonds is 3. The van der Waals surface area contributed by atoms with E-state index in [0.29, 0.717) is 22.6 Å². The molecule has 0 amide bonds. The van der Waals surface area contributed by atoms with E-state index in [0.717, 1.165) is 0 Å². The van der Waals surface area contributed by atoms with Gasteiger partial charge in [0.25, 0.3) is 0 Å². The summed E-state index contributed by atoms with van der Waals surface area (Å²) in [5, 5.41) is 6.95. The molecule has 14 heavy (non-hydrogen) atoms. The van der Waals surface area contributed by atoms with Gasteiger partial charge in [0.05, 0.1) is 6.61 Å². The standard InChI is InChI=1S/C8H12BrN3O2/c1-4-14-8(13)5-6(9)11-12(3)7(5)10-2/h10H,4H2,1-3H3. The maximum atomic E-state index is 11.5. The zero-order chi connectivity index (χ0) is 10.7. The first-order chi connectivity index (χ1) is 6.61. The molecule has 0 aromatic carbocycles. The summed E-state index contributed by atoms with van der Waals surface area (Å²) in [5.74, 6) is 0.257. The van der Waals surface area contributed by atoms with Crippen LogP contribution in [0.5, 0.6) is 0 Å². The van der Waals surface area contributed by atoms with E-state index in [1.54, 1.807) is 25.7 Å². The Kier molecular flexibility index (Phi) is 3.51. The van der Waals surface area contributed by atoms with Crippen LogP contribution in [0, 0.1) is 0 Å². The van der Waals surface area contributed by atoms with Gasteiger partial charge >= 0.3 is 5.97 Å². The van der Waals surface area contributed by atoms with Crippen molar-refractivity contribution in [3.05, 3.63) is 10.2 Å². The number of nitrogens with one attached hydrogen (secondary N) is 1. The lowest BCUT2D eigenvalue weighted by Gasteiger charge is -2.04. The lowest BCUT2D eigenvalue weighted by molar-refractivity contribution is 0.0526. The summed E-state index contributed by atoms with van der Waals surface area (Å²) in [4.78, 5) is 11.5. The van der Waals surface area contributed by atoms with Crippen LogP contribution >= 0.6 is 15.9 Å². The predicted molar refractivity (Wildman–Crippen MR) is 56.4 cm³/mol. The van der Waals surface area contributed by atoms with E-state index in [9.17, 15) is 4.79 Å². The quantitative estimate of drug-likeness (QED) is 0.836. The van der Waals surface area contributed by atoms with Gasteiger partial charge in [-0.2, -0.15) is 5.10 Å². The molecular formula is C8H12BrN3O2. The molecule has 1 aromatic rings. The lowest BCUT2D eigenvalue weighted by Crippen LogP contribution is -2.08. The van der Waals surface area contributed by atoms with Crippen molar-refractivity contribution >= 4 is 27.7 Å². The molecular weight excluding hydrogens is 250 g/mol. The van der Waals surface area contributed by atoms with Crippen LogP contribution < -0.4 is 5.32 Å². The second-order valence-electron chi connectivity index (χ2n) is 2.61. The SMILES string of the molecule is CCOC(=O)c1c(Br)nn(C)c1NC. The fraction of sp³-hybridized carbons (Fsp3) is 0.500. The number of hydrogen-bond donors (Lipinski definition) is 1. The van der Waals surface area contributed by atoms with Crippen LogP contribution in [0.2, 0.25) is 0 Å².